The Balaban J connectivity index is 1.72. The molecule has 0 amide bonds. The molecule has 0 radical (unpaired) electrons. The highest BCUT2D eigenvalue weighted by molar-refractivity contribution is 5.92. The topological polar surface area (TPSA) is 36.4 Å². The summed E-state index contributed by atoms with van der Waals surface area (Å²) in [6.07, 6.45) is 7.62. The third-order valence-electron chi connectivity index (χ3n) is 4.53. The van der Waals surface area contributed by atoms with Gasteiger partial charge in [0.15, 0.2) is 0 Å². The zero-order valence-electron chi connectivity index (χ0n) is 12.2. The Morgan fingerprint density at radius 1 is 1.05 bits per heavy atom. The van der Waals surface area contributed by atoms with E-state index in [0.717, 1.165) is 26.1 Å². The van der Waals surface area contributed by atoms with E-state index in [-0.39, 0.29) is 5.54 Å². The molecule has 3 rings (SSSR count). The lowest BCUT2D eigenvalue weighted by Crippen LogP contribution is -2.57. The molecule has 0 unspecified atom stereocenters. The highest BCUT2D eigenvalue weighted by Gasteiger charge is 2.37. The Bertz CT molecular complexity index is 447. The summed E-state index contributed by atoms with van der Waals surface area (Å²) >= 11 is 0. The standard InChI is InChI=1S/C17H25N3/c1-3-8-15(9-4-1)14-19-16-17(10-5-2-6-11-17)20-13-7-12-18-16/h1,3-4,8-9,20H,2,5-7,10-14H2,(H,18,19). The summed E-state index contributed by atoms with van der Waals surface area (Å²) in [5.41, 5.74) is 1.45. The third-order valence-corrected chi connectivity index (χ3v) is 4.53. The molecule has 2 aliphatic rings. The molecule has 20 heavy (non-hydrogen) atoms. The van der Waals surface area contributed by atoms with Crippen LogP contribution in [-0.2, 0) is 6.54 Å². The van der Waals surface area contributed by atoms with Gasteiger partial charge in [-0.25, -0.2) is 0 Å². The Morgan fingerprint density at radius 2 is 1.85 bits per heavy atom. The maximum Gasteiger partial charge on any atom is 0.117 e. The predicted octanol–water partition coefficient (Wildman–Crippen LogP) is 2.87. The van der Waals surface area contributed by atoms with E-state index in [4.69, 9.17) is 4.99 Å². The van der Waals surface area contributed by atoms with Gasteiger partial charge in [0.25, 0.3) is 0 Å². The Kier molecular flexibility index (Phi) is 4.36. The first kappa shape index (κ1) is 13.6. The van der Waals surface area contributed by atoms with Crippen LogP contribution in [0.2, 0.25) is 0 Å². The number of amidine groups is 1. The zero-order chi connectivity index (χ0) is 13.7. The number of nitrogens with zero attached hydrogens (tertiary/aromatic N) is 1. The second-order valence-corrected chi connectivity index (χ2v) is 5.99. The Labute approximate surface area is 121 Å². The molecular weight excluding hydrogens is 246 g/mol. The summed E-state index contributed by atoms with van der Waals surface area (Å²) in [5.74, 6) is 1.21. The van der Waals surface area contributed by atoms with Crippen LogP contribution in [0.5, 0.6) is 0 Å². The molecule has 1 aliphatic heterocycles. The van der Waals surface area contributed by atoms with E-state index in [1.165, 1.54) is 43.5 Å². The molecule has 1 aromatic carbocycles. The fraction of sp³-hybridized carbons (Fsp3) is 0.588. The van der Waals surface area contributed by atoms with Crippen molar-refractivity contribution in [3.05, 3.63) is 35.9 Å². The van der Waals surface area contributed by atoms with E-state index in [9.17, 15) is 0 Å². The molecule has 1 fully saturated rings. The molecule has 1 spiro atoms. The highest BCUT2D eigenvalue weighted by Crippen LogP contribution is 2.30. The first-order valence-corrected chi connectivity index (χ1v) is 7.97. The van der Waals surface area contributed by atoms with Crippen molar-refractivity contribution in [2.75, 3.05) is 13.1 Å². The maximum atomic E-state index is 4.86. The van der Waals surface area contributed by atoms with Crippen LogP contribution in [0.25, 0.3) is 0 Å². The van der Waals surface area contributed by atoms with Crippen LogP contribution in [0.15, 0.2) is 35.3 Å². The minimum atomic E-state index is 0.129. The van der Waals surface area contributed by atoms with E-state index in [1.807, 2.05) is 0 Å². The Morgan fingerprint density at radius 3 is 2.65 bits per heavy atom. The number of hydrogen-bond acceptors (Lipinski definition) is 3. The van der Waals surface area contributed by atoms with Gasteiger partial charge in [-0.05, 0) is 31.4 Å². The van der Waals surface area contributed by atoms with Crippen molar-refractivity contribution in [1.82, 2.24) is 10.6 Å². The largest absolute Gasteiger partial charge is 0.368 e. The van der Waals surface area contributed by atoms with Crippen LogP contribution >= 0.6 is 0 Å². The molecule has 108 valence electrons. The molecular formula is C17H25N3. The molecule has 1 aromatic rings. The minimum Gasteiger partial charge on any atom is -0.368 e. The van der Waals surface area contributed by atoms with Crippen LogP contribution in [0.3, 0.4) is 0 Å². The lowest BCUT2D eigenvalue weighted by atomic mass is 9.80. The lowest BCUT2D eigenvalue weighted by Gasteiger charge is -2.38. The second-order valence-electron chi connectivity index (χ2n) is 5.99. The molecule has 0 bridgehead atoms. The smallest absolute Gasteiger partial charge is 0.117 e. The minimum absolute atomic E-state index is 0.129. The van der Waals surface area contributed by atoms with E-state index < -0.39 is 0 Å². The van der Waals surface area contributed by atoms with Crippen LogP contribution in [0, 0.1) is 0 Å². The predicted molar refractivity (Wildman–Crippen MR) is 84.0 cm³/mol. The van der Waals surface area contributed by atoms with Crippen LogP contribution in [-0.4, -0.2) is 24.5 Å². The average molecular weight is 271 g/mol. The van der Waals surface area contributed by atoms with Gasteiger partial charge in [0.2, 0.25) is 0 Å². The van der Waals surface area contributed by atoms with Crippen LogP contribution in [0.4, 0.5) is 0 Å². The van der Waals surface area contributed by atoms with Gasteiger partial charge in [-0.2, -0.15) is 0 Å². The summed E-state index contributed by atoms with van der Waals surface area (Å²) in [6, 6.07) is 10.6. The van der Waals surface area contributed by atoms with Crippen molar-refractivity contribution in [3.63, 3.8) is 0 Å². The summed E-state index contributed by atoms with van der Waals surface area (Å²) < 4.78 is 0. The molecule has 1 heterocycles. The van der Waals surface area contributed by atoms with Gasteiger partial charge in [-0.3, -0.25) is 4.99 Å². The van der Waals surface area contributed by atoms with Gasteiger partial charge in [-0.15, -0.1) is 0 Å². The fourth-order valence-corrected chi connectivity index (χ4v) is 3.41. The van der Waals surface area contributed by atoms with E-state index >= 15 is 0 Å². The third kappa shape index (κ3) is 3.04. The van der Waals surface area contributed by atoms with Crippen molar-refractivity contribution >= 4 is 5.84 Å². The maximum absolute atomic E-state index is 4.86. The van der Waals surface area contributed by atoms with Crippen molar-refractivity contribution in [1.29, 1.82) is 0 Å². The summed E-state index contributed by atoms with van der Waals surface area (Å²) in [6.45, 7) is 2.93. The molecule has 0 atom stereocenters. The molecule has 0 aromatic heterocycles. The van der Waals surface area contributed by atoms with Crippen molar-refractivity contribution in [2.24, 2.45) is 4.99 Å². The lowest BCUT2D eigenvalue weighted by molar-refractivity contribution is 0.310. The van der Waals surface area contributed by atoms with E-state index in [1.54, 1.807) is 0 Å². The highest BCUT2D eigenvalue weighted by atomic mass is 15.1. The normalized spacial score (nSPS) is 22.1. The summed E-state index contributed by atoms with van der Waals surface area (Å²) in [5, 5.41) is 7.42. The molecule has 2 N–H and O–H groups in total. The average Bonchev–Trinajstić information content (AvgIpc) is 2.70. The van der Waals surface area contributed by atoms with Gasteiger partial charge in [-0.1, -0.05) is 49.6 Å². The molecule has 3 nitrogen and oxygen atoms in total. The van der Waals surface area contributed by atoms with Crippen molar-refractivity contribution < 1.29 is 0 Å². The fourth-order valence-electron chi connectivity index (χ4n) is 3.41. The van der Waals surface area contributed by atoms with Gasteiger partial charge in [0.05, 0.1) is 5.54 Å². The van der Waals surface area contributed by atoms with Gasteiger partial charge in [0.1, 0.15) is 5.84 Å². The quantitative estimate of drug-likeness (QED) is 0.868. The van der Waals surface area contributed by atoms with E-state index in [0.29, 0.717) is 0 Å². The van der Waals surface area contributed by atoms with E-state index in [2.05, 4.69) is 41.0 Å². The SMILES string of the molecule is c1ccc(CNC2=NCCCNC23CCCCC3)cc1. The van der Waals surface area contributed by atoms with Crippen molar-refractivity contribution in [2.45, 2.75) is 50.6 Å². The number of nitrogens with one attached hydrogen (secondary N) is 2. The van der Waals surface area contributed by atoms with Gasteiger partial charge < -0.3 is 10.6 Å². The number of aliphatic imine (C=N–C) groups is 1. The molecule has 1 saturated carbocycles. The first-order chi connectivity index (χ1) is 9.89. The van der Waals surface area contributed by atoms with Crippen LogP contribution in [0.1, 0.15) is 44.1 Å². The number of rotatable bonds is 2. The Hall–Kier alpha value is -1.35. The summed E-state index contributed by atoms with van der Waals surface area (Å²) in [4.78, 5) is 4.86. The first-order valence-electron chi connectivity index (χ1n) is 7.97. The van der Waals surface area contributed by atoms with Gasteiger partial charge >= 0.3 is 0 Å². The van der Waals surface area contributed by atoms with Crippen molar-refractivity contribution in [3.8, 4) is 0 Å². The summed E-state index contributed by atoms with van der Waals surface area (Å²) in [7, 11) is 0. The molecule has 3 heteroatoms. The monoisotopic (exact) mass is 271 g/mol. The second kappa shape index (κ2) is 6.40. The number of hydrogen-bond donors (Lipinski definition) is 2. The number of benzene rings is 1. The van der Waals surface area contributed by atoms with Gasteiger partial charge in [0, 0.05) is 13.1 Å². The molecule has 0 saturated heterocycles. The zero-order valence-corrected chi connectivity index (χ0v) is 12.2. The molecule has 1 aliphatic carbocycles. The van der Waals surface area contributed by atoms with Crippen LogP contribution < -0.4 is 10.6 Å².